The molecule has 3 nitrogen and oxygen atoms in total. The maximum absolute atomic E-state index is 12.2. The first-order chi connectivity index (χ1) is 12.1. The Hall–Kier alpha value is -1.85. The molecule has 0 aliphatic heterocycles. The summed E-state index contributed by atoms with van der Waals surface area (Å²) in [6.45, 7) is 2.09. The molecule has 0 saturated carbocycles. The third kappa shape index (κ3) is 4.61. The minimum absolute atomic E-state index is 0.0277. The highest BCUT2D eigenvalue weighted by atomic mass is 32.2. The fraction of sp³-hybridized carbons (Fsp3) is 0.300. The summed E-state index contributed by atoms with van der Waals surface area (Å²) in [5, 5.41) is 0. The Kier molecular flexibility index (Phi) is 6.10. The van der Waals surface area contributed by atoms with Gasteiger partial charge in [0.1, 0.15) is 0 Å². The van der Waals surface area contributed by atoms with E-state index in [4.69, 9.17) is 0 Å². The van der Waals surface area contributed by atoms with Crippen LogP contribution in [-0.4, -0.2) is 16.2 Å². The summed E-state index contributed by atoms with van der Waals surface area (Å²) in [4.78, 5) is 17.3. The molecular weight excluding hydrogens is 348 g/mol. The van der Waals surface area contributed by atoms with Crippen LogP contribution in [0.2, 0.25) is 0 Å². The van der Waals surface area contributed by atoms with E-state index in [2.05, 4.69) is 48.3 Å². The van der Waals surface area contributed by atoms with Gasteiger partial charge in [-0.25, -0.2) is 0 Å². The first kappa shape index (κ1) is 18.0. The van der Waals surface area contributed by atoms with E-state index in [1.807, 2.05) is 35.5 Å². The third-order valence-corrected chi connectivity index (χ3v) is 6.25. The summed E-state index contributed by atoms with van der Waals surface area (Å²) < 4.78 is 3.20. The number of hydrogen-bond donors (Lipinski definition) is 0. The van der Waals surface area contributed by atoms with Crippen LogP contribution in [0.1, 0.15) is 24.0 Å². The molecule has 0 aliphatic rings. The first-order valence-corrected chi connectivity index (χ1v) is 10.4. The molecular formula is C20H22N2OS2. The summed E-state index contributed by atoms with van der Waals surface area (Å²) in [6.07, 6.45) is 1.38. The number of thiazole rings is 1. The van der Waals surface area contributed by atoms with Crippen molar-refractivity contribution in [1.29, 1.82) is 0 Å². The Balaban J connectivity index is 1.55. The minimum Gasteiger partial charge on any atom is -0.319 e. The van der Waals surface area contributed by atoms with E-state index in [1.54, 1.807) is 11.3 Å². The van der Waals surface area contributed by atoms with Crippen LogP contribution in [0.25, 0.3) is 10.2 Å². The molecule has 0 radical (unpaired) electrons. The fourth-order valence-corrected chi connectivity index (χ4v) is 4.79. The molecule has 0 bridgehead atoms. The zero-order valence-corrected chi connectivity index (χ0v) is 16.2. The van der Waals surface area contributed by atoms with Crippen LogP contribution in [0.15, 0.2) is 53.5 Å². The van der Waals surface area contributed by atoms with Crippen molar-refractivity contribution >= 4 is 39.2 Å². The number of nitrogens with zero attached hydrogens (tertiary/aromatic N) is 2. The second kappa shape index (κ2) is 8.50. The predicted octanol–water partition coefficient (Wildman–Crippen LogP) is 4.69. The van der Waals surface area contributed by atoms with Gasteiger partial charge in [-0.2, -0.15) is 16.8 Å². The van der Waals surface area contributed by atoms with E-state index in [9.17, 15) is 4.79 Å². The lowest BCUT2D eigenvalue weighted by Crippen LogP contribution is -2.13. The van der Waals surface area contributed by atoms with Gasteiger partial charge in [0.05, 0.1) is 10.2 Å². The summed E-state index contributed by atoms with van der Waals surface area (Å²) >= 11 is 3.44. The summed E-state index contributed by atoms with van der Waals surface area (Å²) in [5.41, 5.74) is 3.70. The molecule has 0 atom stereocenters. The standard InChI is InChI=1S/C20H22N2OS2/c1-15-8-6-11-17-19(15)22(2)20(25-17)21-18(23)12-7-13-24-14-16-9-4-3-5-10-16/h3-6,8-11H,7,12-14H2,1-2H3. The van der Waals surface area contributed by atoms with Gasteiger partial charge in [0, 0.05) is 19.2 Å². The second-order valence-corrected chi connectivity index (χ2v) is 8.13. The Morgan fingerprint density at radius 3 is 2.72 bits per heavy atom. The van der Waals surface area contributed by atoms with Crippen LogP contribution in [0, 0.1) is 6.92 Å². The number of carbonyl (C=O) groups excluding carboxylic acids is 1. The van der Waals surface area contributed by atoms with Crippen molar-refractivity contribution in [1.82, 2.24) is 4.57 Å². The molecule has 0 unspecified atom stereocenters. The first-order valence-electron chi connectivity index (χ1n) is 8.39. The monoisotopic (exact) mass is 370 g/mol. The van der Waals surface area contributed by atoms with Gasteiger partial charge < -0.3 is 4.57 Å². The zero-order valence-electron chi connectivity index (χ0n) is 14.6. The lowest BCUT2D eigenvalue weighted by atomic mass is 10.2. The highest BCUT2D eigenvalue weighted by Crippen LogP contribution is 2.20. The molecule has 0 N–H and O–H groups in total. The van der Waals surface area contributed by atoms with E-state index < -0.39 is 0 Å². The van der Waals surface area contributed by atoms with Crippen LogP contribution in [0.3, 0.4) is 0 Å². The molecule has 0 saturated heterocycles. The van der Waals surface area contributed by atoms with Gasteiger partial charge in [0.25, 0.3) is 0 Å². The normalized spacial score (nSPS) is 12.0. The number of fused-ring (bicyclic) bond motifs is 1. The maximum Gasteiger partial charge on any atom is 0.248 e. The van der Waals surface area contributed by atoms with Crippen LogP contribution in [0.4, 0.5) is 0 Å². The van der Waals surface area contributed by atoms with Crippen molar-refractivity contribution in [2.24, 2.45) is 12.0 Å². The van der Waals surface area contributed by atoms with Crippen LogP contribution in [0.5, 0.6) is 0 Å². The Bertz CT molecular complexity index is 926. The number of amides is 1. The topological polar surface area (TPSA) is 34.4 Å². The van der Waals surface area contributed by atoms with Crippen molar-refractivity contribution in [2.75, 3.05) is 5.75 Å². The number of aryl methyl sites for hydroxylation is 2. The second-order valence-electron chi connectivity index (χ2n) is 6.01. The molecule has 3 rings (SSSR count). The molecule has 3 aromatic rings. The van der Waals surface area contributed by atoms with E-state index in [1.165, 1.54) is 15.8 Å². The van der Waals surface area contributed by atoms with Gasteiger partial charge in [-0.15, -0.1) is 0 Å². The molecule has 1 heterocycles. The maximum atomic E-state index is 12.2. The molecule has 2 aromatic carbocycles. The molecule has 1 aromatic heterocycles. The molecule has 0 aliphatic carbocycles. The van der Waals surface area contributed by atoms with Gasteiger partial charge in [-0.05, 0) is 36.3 Å². The number of para-hydroxylation sites is 1. The highest BCUT2D eigenvalue weighted by Gasteiger charge is 2.07. The number of rotatable bonds is 6. The molecule has 0 fully saturated rings. The summed E-state index contributed by atoms with van der Waals surface area (Å²) in [7, 11) is 1.98. The van der Waals surface area contributed by atoms with Gasteiger partial charge in [-0.3, -0.25) is 4.79 Å². The Morgan fingerprint density at radius 2 is 1.96 bits per heavy atom. The number of benzene rings is 2. The number of thioether (sulfide) groups is 1. The lowest BCUT2D eigenvalue weighted by Gasteiger charge is -2.01. The minimum atomic E-state index is -0.0277. The molecule has 5 heteroatoms. The van der Waals surface area contributed by atoms with Crippen molar-refractivity contribution in [3.8, 4) is 0 Å². The van der Waals surface area contributed by atoms with Gasteiger partial charge in [0.2, 0.25) is 5.91 Å². The quantitative estimate of drug-likeness (QED) is 0.590. The highest BCUT2D eigenvalue weighted by molar-refractivity contribution is 7.98. The van der Waals surface area contributed by atoms with Gasteiger partial charge in [-0.1, -0.05) is 53.8 Å². The average molecular weight is 371 g/mol. The summed E-state index contributed by atoms with van der Waals surface area (Å²) in [6, 6.07) is 16.6. The number of carbonyl (C=O) groups is 1. The zero-order chi connectivity index (χ0) is 17.6. The molecule has 1 amide bonds. The SMILES string of the molecule is Cc1cccc2sc(=NC(=O)CCCSCc3ccccc3)n(C)c12. The fourth-order valence-electron chi connectivity index (χ4n) is 2.76. The predicted molar refractivity (Wildman–Crippen MR) is 108 cm³/mol. The van der Waals surface area contributed by atoms with E-state index >= 15 is 0 Å². The van der Waals surface area contributed by atoms with Crippen LogP contribution >= 0.6 is 23.1 Å². The van der Waals surface area contributed by atoms with E-state index in [0.717, 1.165) is 28.2 Å². The molecule has 0 spiro atoms. The van der Waals surface area contributed by atoms with E-state index in [-0.39, 0.29) is 5.91 Å². The Labute approximate surface area is 156 Å². The third-order valence-electron chi connectivity index (χ3n) is 4.04. The molecule has 130 valence electrons. The summed E-state index contributed by atoms with van der Waals surface area (Å²) in [5.74, 6) is 1.95. The van der Waals surface area contributed by atoms with Crippen molar-refractivity contribution in [2.45, 2.75) is 25.5 Å². The lowest BCUT2D eigenvalue weighted by molar-refractivity contribution is -0.118. The van der Waals surface area contributed by atoms with Gasteiger partial charge >= 0.3 is 0 Å². The van der Waals surface area contributed by atoms with Crippen molar-refractivity contribution < 1.29 is 4.79 Å². The molecule has 25 heavy (non-hydrogen) atoms. The average Bonchev–Trinajstić information content (AvgIpc) is 2.92. The number of aromatic nitrogens is 1. The Morgan fingerprint density at radius 1 is 1.16 bits per heavy atom. The largest absolute Gasteiger partial charge is 0.319 e. The van der Waals surface area contributed by atoms with Crippen molar-refractivity contribution in [3.05, 3.63) is 64.5 Å². The van der Waals surface area contributed by atoms with Crippen molar-refractivity contribution in [3.63, 3.8) is 0 Å². The van der Waals surface area contributed by atoms with E-state index in [0.29, 0.717) is 6.42 Å². The van der Waals surface area contributed by atoms with Crippen LogP contribution < -0.4 is 4.80 Å². The van der Waals surface area contributed by atoms with Gasteiger partial charge in [0.15, 0.2) is 4.80 Å². The van der Waals surface area contributed by atoms with Crippen LogP contribution in [-0.2, 0) is 17.6 Å². The number of hydrogen-bond acceptors (Lipinski definition) is 3. The smallest absolute Gasteiger partial charge is 0.248 e.